The minimum absolute atomic E-state index is 0.247. The molecule has 0 unspecified atom stereocenters. The Morgan fingerprint density at radius 2 is 1.90 bits per heavy atom. The summed E-state index contributed by atoms with van der Waals surface area (Å²) in [6, 6.07) is 10.3. The van der Waals surface area contributed by atoms with E-state index in [1.54, 1.807) is 36.4 Å². The summed E-state index contributed by atoms with van der Waals surface area (Å²) in [5, 5.41) is 3.41. The molecule has 2 aromatic carbocycles. The smallest absolute Gasteiger partial charge is 0.279 e. The van der Waals surface area contributed by atoms with Crippen LogP contribution in [0.15, 0.2) is 59.0 Å². The van der Waals surface area contributed by atoms with E-state index < -0.39 is 5.91 Å². The Labute approximate surface area is 204 Å². The van der Waals surface area contributed by atoms with Crippen molar-refractivity contribution in [1.29, 1.82) is 0 Å². The van der Waals surface area contributed by atoms with Crippen LogP contribution in [-0.2, 0) is 4.79 Å². The Hall–Kier alpha value is -1.37. The molecular formula is C20H13ClI2N2O3S. The van der Waals surface area contributed by atoms with Crippen LogP contribution < -0.4 is 10.1 Å². The van der Waals surface area contributed by atoms with Gasteiger partial charge in [0.25, 0.3) is 11.8 Å². The number of aliphatic imine (C=N–C) groups is 1. The fraction of sp³-hybridized carbons (Fsp3) is 0.0500. The van der Waals surface area contributed by atoms with Gasteiger partial charge in [0.15, 0.2) is 5.17 Å². The molecule has 0 aromatic heterocycles. The Bertz CT molecular complexity index is 1030. The predicted molar refractivity (Wildman–Crippen MR) is 134 cm³/mol. The third kappa shape index (κ3) is 5.83. The molecule has 1 saturated heterocycles. The van der Waals surface area contributed by atoms with Gasteiger partial charge in [-0.25, -0.2) is 0 Å². The first-order chi connectivity index (χ1) is 13.9. The molecule has 0 bridgehead atoms. The number of ether oxygens (including phenoxy) is 1. The summed E-state index contributed by atoms with van der Waals surface area (Å²) in [6.45, 7) is 4.08. The molecular weight excluding hydrogens is 638 g/mol. The molecule has 9 heteroatoms. The van der Waals surface area contributed by atoms with Gasteiger partial charge in [-0.05, 0) is 105 Å². The number of amides is 2. The lowest BCUT2D eigenvalue weighted by Crippen LogP contribution is -2.20. The van der Waals surface area contributed by atoms with E-state index in [0.29, 0.717) is 22.1 Å². The van der Waals surface area contributed by atoms with Gasteiger partial charge in [0.2, 0.25) is 0 Å². The quantitative estimate of drug-likeness (QED) is 0.263. The first-order valence-electron chi connectivity index (χ1n) is 8.19. The van der Waals surface area contributed by atoms with Gasteiger partial charge < -0.3 is 10.1 Å². The highest BCUT2D eigenvalue weighted by Gasteiger charge is 2.25. The lowest BCUT2D eigenvalue weighted by molar-refractivity contribution is -0.115. The topological polar surface area (TPSA) is 67.8 Å². The Morgan fingerprint density at radius 1 is 1.24 bits per heavy atom. The van der Waals surface area contributed by atoms with E-state index in [-0.39, 0.29) is 11.1 Å². The molecule has 5 nitrogen and oxygen atoms in total. The molecule has 29 heavy (non-hydrogen) atoms. The van der Waals surface area contributed by atoms with Crippen molar-refractivity contribution in [1.82, 2.24) is 5.32 Å². The number of rotatable bonds is 5. The van der Waals surface area contributed by atoms with Crippen LogP contribution in [0.3, 0.4) is 0 Å². The monoisotopic (exact) mass is 650 g/mol. The highest BCUT2D eigenvalue weighted by atomic mass is 127. The molecule has 1 fully saturated rings. The zero-order valence-electron chi connectivity index (χ0n) is 14.7. The van der Waals surface area contributed by atoms with Crippen molar-refractivity contribution < 1.29 is 14.3 Å². The van der Waals surface area contributed by atoms with E-state index in [9.17, 15) is 9.59 Å². The van der Waals surface area contributed by atoms with Crippen LogP contribution >= 0.6 is 68.5 Å². The van der Waals surface area contributed by atoms with Gasteiger partial charge in [-0.2, -0.15) is 4.99 Å². The van der Waals surface area contributed by atoms with Crippen LogP contribution in [0.5, 0.6) is 5.75 Å². The molecule has 1 aliphatic heterocycles. The number of nitrogens with zero attached hydrogens (tertiary/aromatic N) is 1. The average molecular weight is 651 g/mol. The van der Waals surface area contributed by atoms with Crippen LogP contribution in [0.25, 0.3) is 6.08 Å². The predicted octanol–water partition coefficient (Wildman–Crippen LogP) is 5.51. The summed E-state index contributed by atoms with van der Waals surface area (Å²) in [4.78, 5) is 29.0. The van der Waals surface area contributed by atoms with E-state index in [1.165, 1.54) is 0 Å². The number of carbonyl (C=O) groups excluding carboxylic acids is 2. The third-order valence-corrected chi connectivity index (χ3v) is 6.37. The summed E-state index contributed by atoms with van der Waals surface area (Å²) in [5.74, 6) is 0.0424. The van der Waals surface area contributed by atoms with E-state index in [1.807, 2.05) is 12.1 Å². The molecule has 0 saturated carbocycles. The van der Waals surface area contributed by atoms with Gasteiger partial charge in [0, 0.05) is 10.6 Å². The maximum absolute atomic E-state index is 12.3. The van der Waals surface area contributed by atoms with Gasteiger partial charge in [-0.3, -0.25) is 9.59 Å². The highest BCUT2D eigenvalue weighted by molar-refractivity contribution is 14.1. The first kappa shape index (κ1) is 22.3. The second-order valence-electron chi connectivity index (χ2n) is 5.71. The van der Waals surface area contributed by atoms with Gasteiger partial charge in [0.1, 0.15) is 12.4 Å². The summed E-state index contributed by atoms with van der Waals surface area (Å²) in [7, 11) is 0. The van der Waals surface area contributed by atoms with Gasteiger partial charge in [-0.1, -0.05) is 24.3 Å². The fourth-order valence-corrected chi connectivity index (χ4v) is 5.40. The highest BCUT2D eigenvalue weighted by Crippen LogP contribution is 2.32. The molecule has 2 aromatic rings. The number of hydrogen-bond acceptors (Lipinski definition) is 4. The standard InChI is InChI=1S/C20H13ClI2N2O3S/c1-2-7-28-17-14(22)8-11(9-15(17)23)10-16-19(27)25-20(29-16)24-18(26)12-3-5-13(21)6-4-12/h2-6,8-10H,1,7H2,(H,24,25,26,27)/b16-10-. The largest absolute Gasteiger partial charge is 0.487 e. The molecule has 1 aliphatic rings. The van der Waals surface area contributed by atoms with Gasteiger partial charge in [-0.15, -0.1) is 0 Å². The van der Waals surface area contributed by atoms with Crippen LogP contribution in [-0.4, -0.2) is 23.6 Å². The van der Waals surface area contributed by atoms with Crippen LogP contribution in [0.4, 0.5) is 0 Å². The number of benzene rings is 2. The van der Waals surface area contributed by atoms with Crippen molar-refractivity contribution in [2.24, 2.45) is 4.99 Å². The Morgan fingerprint density at radius 3 is 2.52 bits per heavy atom. The molecule has 2 amide bonds. The number of hydrogen-bond donors (Lipinski definition) is 1. The van der Waals surface area contributed by atoms with Crippen molar-refractivity contribution in [3.8, 4) is 5.75 Å². The number of halogens is 3. The minimum Gasteiger partial charge on any atom is -0.487 e. The second-order valence-corrected chi connectivity index (χ2v) is 9.50. The van der Waals surface area contributed by atoms with Gasteiger partial charge in [0.05, 0.1) is 12.0 Å². The lowest BCUT2D eigenvalue weighted by Gasteiger charge is -2.09. The van der Waals surface area contributed by atoms with Crippen molar-refractivity contribution in [3.05, 3.63) is 77.2 Å². The first-order valence-corrected chi connectivity index (χ1v) is 11.5. The van der Waals surface area contributed by atoms with E-state index in [0.717, 1.165) is 30.2 Å². The van der Waals surface area contributed by atoms with Gasteiger partial charge >= 0.3 is 0 Å². The molecule has 1 N–H and O–H groups in total. The van der Waals surface area contributed by atoms with E-state index >= 15 is 0 Å². The minimum atomic E-state index is -0.446. The average Bonchev–Trinajstić information content (AvgIpc) is 3.00. The van der Waals surface area contributed by atoms with Crippen molar-refractivity contribution in [2.45, 2.75) is 0 Å². The Balaban J connectivity index is 1.79. The van der Waals surface area contributed by atoms with Crippen molar-refractivity contribution in [3.63, 3.8) is 0 Å². The SMILES string of the molecule is C=CCOc1c(I)cc(/C=C2\SC(=NC(=O)c3ccc(Cl)cc3)NC2=O)cc1I. The molecule has 0 atom stereocenters. The number of nitrogens with one attached hydrogen (secondary N) is 1. The second kappa shape index (κ2) is 10.1. The lowest BCUT2D eigenvalue weighted by atomic mass is 10.2. The van der Waals surface area contributed by atoms with Crippen LogP contribution in [0.2, 0.25) is 5.02 Å². The summed E-state index contributed by atoms with van der Waals surface area (Å²) >= 11 is 11.3. The van der Waals surface area contributed by atoms with E-state index in [2.05, 4.69) is 62.1 Å². The number of thioether (sulfide) groups is 1. The molecule has 0 radical (unpaired) electrons. The molecule has 3 rings (SSSR count). The maximum Gasteiger partial charge on any atom is 0.279 e. The molecule has 148 valence electrons. The zero-order valence-corrected chi connectivity index (χ0v) is 20.6. The Kier molecular flexibility index (Phi) is 7.77. The fourth-order valence-electron chi connectivity index (χ4n) is 2.32. The zero-order chi connectivity index (χ0) is 21.0. The summed E-state index contributed by atoms with van der Waals surface area (Å²) in [6.07, 6.45) is 3.45. The van der Waals surface area contributed by atoms with Crippen molar-refractivity contribution in [2.75, 3.05) is 6.61 Å². The number of amidine groups is 1. The van der Waals surface area contributed by atoms with Crippen LogP contribution in [0, 0.1) is 7.14 Å². The molecule has 0 aliphatic carbocycles. The molecule has 1 heterocycles. The summed E-state index contributed by atoms with van der Waals surface area (Å²) in [5.41, 5.74) is 1.25. The van der Waals surface area contributed by atoms with Crippen LogP contribution in [0.1, 0.15) is 15.9 Å². The van der Waals surface area contributed by atoms with Crippen molar-refractivity contribution >= 4 is 91.6 Å². The van der Waals surface area contributed by atoms with E-state index in [4.69, 9.17) is 16.3 Å². The molecule has 0 spiro atoms. The third-order valence-electron chi connectivity index (χ3n) is 3.61. The normalized spacial score (nSPS) is 16.2. The number of carbonyl (C=O) groups is 2. The summed E-state index contributed by atoms with van der Waals surface area (Å²) < 4.78 is 7.53. The maximum atomic E-state index is 12.3.